The lowest BCUT2D eigenvalue weighted by Crippen LogP contribution is -2.25. The first-order chi connectivity index (χ1) is 7.16. The summed E-state index contributed by atoms with van der Waals surface area (Å²) >= 11 is 1.81. The van der Waals surface area contributed by atoms with Crippen LogP contribution in [0, 0.1) is 11.8 Å². The maximum absolute atomic E-state index is 11.9. The Hall–Kier alpha value is -0.240. The van der Waals surface area contributed by atoms with Crippen molar-refractivity contribution in [1.82, 2.24) is 0 Å². The Morgan fingerprint density at radius 1 is 1.47 bits per heavy atom. The predicted octanol–water partition coefficient (Wildman–Crippen LogP) is 4.04. The van der Waals surface area contributed by atoms with Gasteiger partial charge in [-0.2, -0.15) is 0 Å². The van der Waals surface area contributed by atoms with Gasteiger partial charge in [-0.3, -0.25) is 4.79 Å². The monoisotopic (exact) mass is 226 g/mol. The van der Waals surface area contributed by atoms with Crippen LogP contribution >= 0.6 is 11.8 Å². The molecule has 1 nitrogen and oxygen atoms in total. The third-order valence-electron chi connectivity index (χ3n) is 3.29. The molecule has 0 radical (unpaired) electrons. The zero-order chi connectivity index (χ0) is 11.3. The molecule has 1 aliphatic carbocycles. The third-order valence-corrected chi connectivity index (χ3v) is 4.27. The van der Waals surface area contributed by atoms with E-state index in [0.717, 1.165) is 17.7 Å². The number of carbonyl (C=O) groups excluding carboxylic acids is 1. The molecule has 0 amide bonds. The van der Waals surface area contributed by atoms with E-state index >= 15 is 0 Å². The van der Waals surface area contributed by atoms with E-state index in [1.54, 1.807) is 0 Å². The van der Waals surface area contributed by atoms with Gasteiger partial charge in [0.25, 0.3) is 0 Å². The molecule has 2 atom stereocenters. The van der Waals surface area contributed by atoms with Gasteiger partial charge >= 0.3 is 0 Å². The van der Waals surface area contributed by atoms with Crippen LogP contribution in [0.1, 0.15) is 46.5 Å². The summed E-state index contributed by atoms with van der Waals surface area (Å²) in [5.41, 5.74) is 1.07. The Morgan fingerprint density at radius 3 is 2.87 bits per heavy atom. The molecule has 0 aromatic carbocycles. The summed E-state index contributed by atoms with van der Waals surface area (Å²) in [6, 6.07) is 0. The van der Waals surface area contributed by atoms with E-state index < -0.39 is 0 Å². The second-order valence-electron chi connectivity index (χ2n) is 4.54. The Kier molecular flexibility index (Phi) is 5.44. The summed E-state index contributed by atoms with van der Waals surface area (Å²) in [5, 5.41) is 2.11. The number of rotatable bonds is 4. The van der Waals surface area contributed by atoms with Crippen molar-refractivity contribution in [3.63, 3.8) is 0 Å². The number of hydrogen-bond donors (Lipinski definition) is 0. The van der Waals surface area contributed by atoms with E-state index in [4.69, 9.17) is 0 Å². The molecular formula is C13H22OS. The summed E-state index contributed by atoms with van der Waals surface area (Å²) in [5.74, 6) is 2.34. The highest BCUT2D eigenvalue weighted by atomic mass is 32.2. The minimum Gasteiger partial charge on any atom is -0.294 e. The summed E-state index contributed by atoms with van der Waals surface area (Å²) in [6.45, 7) is 6.45. The van der Waals surface area contributed by atoms with Gasteiger partial charge in [0.1, 0.15) is 0 Å². The molecule has 86 valence electrons. The van der Waals surface area contributed by atoms with Gasteiger partial charge in [0.15, 0.2) is 5.78 Å². The first-order valence-corrected chi connectivity index (χ1v) is 7.06. The molecule has 1 rings (SSSR count). The topological polar surface area (TPSA) is 17.1 Å². The van der Waals surface area contributed by atoms with Crippen LogP contribution in [-0.2, 0) is 4.79 Å². The van der Waals surface area contributed by atoms with Gasteiger partial charge in [-0.05, 0) is 36.3 Å². The van der Waals surface area contributed by atoms with Crippen molar-refractivity contribution in [2.45, 2.75) is 46.5 Å². The van der Waals surface area contributed by atoms with E-state index in [1.807, 2.05) is 11.8 Å². The quantitative estimate of drug-likeness (QED) is 0.531. The van der Waals surface area contributed by atoms with E-state index in [-0.39, 0.29) is 5.92 Å². The van der Waals surface area contributed by atoms with Crippen LogP contribution in [0.3, 0.4) is 0 Å². The third kappa shape index (κ3) is 3.67. The molecular weight excluding hydrogens is 204 g/mol. The second-order valence-corrected chi connectivity index (χ2v) is 5.51. The van der Waals surface area contributed by atoms with Crippen molar-refractivity contribution in [3.05, 3.63) is 11.0 Å². The molecule has 0 heterocycles. The molecule has 0 saturated heterocycles. The Labute approximate surface area is 97.7 Å². The lowest BCUT2D eigenvalue weighted by molar-refractivity contribution is -0.121. The smallest absolute Gasteiger partial charge is 0.162 e. The van der Waals surface area contributed by atoms with Crippen molar-refractivity contribution in [2.24, 2.45) is 11.8 Å². The van der Waals surface area contributed by atoms with Crippen LogP contribution in [-0.4, -0.2) is 11.5 Å². The minimum atomic E-state index is 0.233. The molecule has 0 aliphatic heterocycles. The SMILES string of the molecule is CCCCS/C=C1\CC[C@H](C)C(C)C1=O. The van der Waals surface area contributed by atoms with Crippen LogP contribution in [0.5, 0.6) is 0 Å². The van der Waals surface area contributed by atoms with Crippen LogP contribution in [0.25, 0.3) is 0 Å². The normalized spacial score (nSPS) is 29.8. The molecule has 1 unspecified atom stereocenters. The number of Topliss-reactive ketones (excluding diaryl/α,β-unsaturated/α-hetero) is 1. The van der Waals surface area contributed by atoms with Crippen LogP contribution < -0.4 is 0 Å². The van der Waals surface area contributed by atoms with Crippen molar-refractivity contribution >= 4 is 17.5 Å². The standard InChI is InChI=1S/C13H22OS/c1-4-5-8-15-9-12-7-6-10(2)11(3)13(12)14/h9-11H,4-8H2,1-3H3/b12-9+/t10-,11?/m0/s1. The maximum Gasteiger partial charge on any atom is 0.162 e. The Bertz CT molecular complexity index is 245. The predicted molar refractivity (Wildman–Crippen MR) is 68.0 cm³/mol. The zero-order valence-corrected chi connectivity index (χ0v) is 10.9. The number of unbranched alkanes of at least 4 members (excludes halogenated alkanes) is 1. The largest absolute Gasteiger partial charge is 0.294 e. The van der Waals surface area contributed by atoms with Crippen molar-refractivity contribution < 1.29 is 4.79 Å². The summed E-state index contributed by atoms with van der Waals surface area (Å²) in [4.78, 5) is 11.9. The molecule has 15 heavy (non-hydrogen) atoms. The Balaban J connectivity index is 2.44. The second kappa shape index (κ2) is 6.37. The first kappa shape index (κ1) is 12.8. The molecule has 0 aromatic rings. The highest BCUT2D eigenvalue weighted by Gasteiger charge is 2.28. The number of hydrogen-bond acceptors (Lipinski definition) is 2. The van der Waals surface area contributed by atoms with E-state index in [9.17, 15) is 4.79 Å². The zero-order valence-electron chi connectivity index (χ0n) is 10.1. The van der Waals surface area contributed by atoms with Gasteiger partial charge in [-0.15, -0.1) is 11.8 Å². The molecule has 0 aromatic heterocycles. The average molecular weight is 226 g/mol. The average Bonchev–Trinajstić information content (AvgIpc) is 2.24. The first-order valence-electron chi connectivity index (χ1n) is 6.01. The number of carbonyl (C=O) groups is 1. The molecule has 0 bridgehead atoms. The van der Waals surface area contributed by atoms with Crippen molar-refractivity contribution in [3.8, 4) is 0 Å². The fourth-order valence-corrected chi connectivity index (χ4v) is 2.82. The van der Waals surface area contributed by atoms with Gasteiger partial charge in [-0.25, -0.2) is 0 Å². The van der Waals surface area contributed by atoms with Crippen LogP contribution in [0.15, 0.2) is 11.0 Å². The summed E-state index contributed by atoms with van der Waals surface area (Å²) in [7, 11) is 0. The number of allylic oxidation sites excluding steroid dienone is 1. The lowest BCUT2D eigenvalue weighted by Gasteiger charge is -2.25. The fourth-order valence-electron chi connectivity index (χ4n) is 1.81. The number of thioether (sulfide) groups is 1. The van der Waals surface area contributed by atoms with Crippen molar-refractivity contribution in [2.75, 3.05) is 5.75 Å². The minimum absolute atomic E-state index is 0.233. The lowest BCUT2D eigenvalue weighted by atomic mass is 9.78. The molecule has 1 aliphatic rings. The van der Waals surface area contributed by atoms with Gasteiger partial charge < -0.3 is 0 Å². The molecule has 1 fully saturated rings. The van der Waals surface area contributed by atoms with Gasteiger partial charge in [0.2, 0.25) is 0 Å². The van der Waals surface area contributed by atoms with E-state index in [2.05, 4.69) is 26.2 Å². The maximum atomic E-state index is 11.9. The van der Waals surface area contributed by atoms with E-state index in [1.165, 1.54) is 19.3 Å². The Morgan fingerprint density at radius 2 is 2.20 bits per heavy atom. The number of ketones is 1. The molecule has 2 heteroatoms. The van der Waals surface area contributed by atoms with Crippen LogP contribution in [0.2, 0.25) is 0 Å². The van der Waals surface area contributed by atoms with Crippen LogP contribution in [0.4, 0.5) is 0 Å². The van der Waals surface area contributed by atoms with Crippen molar-refractivity contribution in [1.29, 1.82) is 0 Å². The van der Waals surface area contributed by atoms with Gasteiger partial charge in [-0.1, -0.05) is 27.2 Å². The fraction of sp³-hybridized carbons (Fsp3) is 0.769. The van der Waals surface area contributed by atoms with Gasteiger partial charge in [0, 0.05) is 11.5 Å². The molecule has 1 saturated carbocycles. The van der Waals surface area contributed by atoms with Gasteiger partial charge in [0.05, 0.1) is 0 Å². The summed E-state index contributed by atoms with van der Waals surface area (Å²) in [6.07, 6.45) is 4.64. The highest BCUT2D eigenvalue weighted by Crippen LogP contribution is 2.31. The summed E-state index contributed by atoms with van der Waals surface area (Å²) < 4.78 is 0. The highest BCUT2D eigenvalue weighted by molar-refractivity contribution is 8.02. The molecule has 0 spiro atoms. The van der Waals surface area contributed by atoms with E-state index in [0.29, 0.717) is 11.7 Å². The molecule has 0 N–H and O–H groups in total.